The smallest absolute Gasteiger partial charge is 0.264 e. The summed E-state index contributed by atoms with van der Waals surface area (Å²) in [5.41, 5.74) is 5.07. The normalized spacial score (nSPS) is 17.3. The molecule has 4 nitrogen and oxygen atoms in total. The lowest BCUT2D eigenvalue weighted by Gasteiger charge is -2.44. The Morgan fingerprint density at radius 3 is 2.06 bits per heavy atom. The number of sulfonamides is 1. The molecule has 3 aromatic carbocycles. The molecule has 0 spiro atoms. The van der Waals surface area contributed by atoms with E-state index in [2.05, 4.69) is 68.6 Å². The number of rotatable bonds is 4. The number of anilines is 1. The Labute approximate surface area is 198 Å². The molecule has 4 rings (SSSR count). The molecule has 1 saturated heterocycles. The molecule has 1 atom stereocenters. The van der Waals surface area contributed by atoms with Crippen molar-refractivity contribution in [3.8, 4) is 0 Å². The van der Waals surface area contributed by atoms with Crippen molar-refractivity contribution in [2.24, 2.45) is 0 Å². The third-order valence-electron chi connectivity index (χ3n) is 6.28. The molecule has 1 heterocycles. The van der Waals surface area contributed by atoms with Crippen molar-refractivity contribution in [3.05, 3.63) is 108 Å². The minimum absolute atomic E-state index is 0.0712. The Morgan fingerprint density at radius 2 is 1.48 bits per heavy atom. The molecule has 1 aliphatic heterocycles. The van der Waals surface area contributed by atoms with Crippen LogP contribution in [0.2, 0.25) is 0 Å². The van der Waals surface area contributed by atoms with Gasteiger partial charge in [-0.05, 0) is 47.7 Å². The van der Waals surface area contributed by atoms with E-state index in [1.807, 2.05) is 37.3 Å². The molecule has 0 aliphatic carbocycles. The molecule has 3 aromatic rings. The molecule has 0 saturated carbocycles. The van der Waals surface area contributed by atoms with Gasteiger partial charge < -0.3 is 4.90 Å². The number of benzene rings is 3. The lowest BCUT2D eigenvalue weighted by atomic mass is 9.87. The average molecular weight is 461 g/mol. The predicted molar refractivity (Wildman–Crippen MR) is 136 cm³/mol. The first kappa shape index (κ1) is 23.1. The molecule has 172 valence electrons. The number of aryl methyl sites for hydroxylation is 1. The highest BCUT2D eigenvalue weighted by molar-refractivity contribution is 7.89. The Hall–Kier alpha value is -3.05. The second-order valence-electron chi connectivity index (χ2n) is 9.77. The largest absolute Gasteiger partial charge is 0.357 e. The maximum absolute atomic E-state index is 13.5. The molecule has 0 radical (unpaired) electrons. The Bertz CT molecular complexity index is 1230. The Balaban J connectivity index is 1.72. The van der Waals surface area contributed by atoms with Crippen molar-refractivity contribution >= 4 is 15.7 Å². The highest BCUT2D eigenvalue weighted by Gasteiger charge is 2.37. The Morgan fingerprint density at radius 1 is 0.879 bits per heavy atom. The number of piperazine rings is 1. The highest BCUT2D eigenvalue weighted by Crippen LogP contribution is 2.37. The fourth-order valence-electron chi connectivity index (χ4n) is 4.26. The standard InChI is InChI=1S/C28H32N2O2S/c1-21-11-17-26(18-12-21)33(31,32)30-20-27(23-9-7-6-8-10-23)29(19-22(30)2)25-15-13-24(14-16-25)28(3,4)5/h6-18,27H,2,19-20H2,1,3-5H3. The average Bonchev–Trinajstić information content (AvgIpc) is 2.79. The second kappa shape index (κ2) is 8.71. The lowest BCUT2D eigenvalue weighted by molar-refractivity contribution is 0.390. The van der Waals surface area contributed by atoms with Crippen LogP contribution in [0.1, 0.15) is 43.5 Å². The molecule has 33 heavy (non-hydrogen) atoms. The summed E-state index contributed by atoms with van der Waals surface area (Å²) in [5, 5.41) is 0. The summed E-state index contributed by atoms with van der Waals surface area (Å²) < 4.78 is 28.5. The predicted octanol–water partition coefficient (Wildman–Crippen LogP) is 6.06. The van der Waals surface area contributed by atoms with E-state index in [1.54, 1.807) is 12.1 Å². The quantitative estimate of drug-likeness (QED) is 0.475. The molecule has 1 fully saturated rings. The second-order valence-corrected chi connectivity index (χ2v) is 11.6. The minimum atomic E-state index is -3.69. The molecule has 0 aromatic heterocycles. The topological polar surface area (TPSA) is 40.6 Å². The van der Waals surface area contributed by atoms with Gasteiger partial charge in [-0.2, -0.15) is 0 Å². The van der Waals surface area contributed by atoms with Crippen molar-refractivity contribution in [2.75, 3.05) is 18.0 Å². The zero-order valence-electron chi connectivity index (χ0n) is 19.8. The molecular formula is C28H32N2O2S. The molecule has 5 heteroatoms. The first-order valence-electron chi connectivity index (χ1n) is 11.3. The summed E-state index contributed by atoms with van der Waals surface area (Å²) in [4.78, 5) is 2.55. The van der Waals surface area contributed by atoms with Crippen molar-refractivity contribution < 1.29 is 8.42 Å². The number of hydrogen-bond donors (Lipinski definition) is 0. The summed E-state index contributed by atoms with van der Waals surface area (Å²) in [5.74, 6) is 0. The minimum Gasteiger partial charge on any atom is -0.357 e. The summed E-state index contributed by atoms with van der Waals surface area (Å²) in [7, 11) is -3.69. The van der Waals surface area contributed by atoms with E-state index >= 15 is 0 Å². The molecule has 0 amide bonds. The van der Waals surface area contributed by atoms with E-state index in [0.717, 1.165) is 16.8 Å². The maximum atomic E-state index is 13.5. The van der Waals surface area contributed by atoms with Gasteiger partial charge in [-0.3, -0.25) is 4.31 Å². The fraction of sp³-hybridized carbons (Fsp3) is 0.286. The lowest BCUT2D eigenvalue weighted by Crippen LogP contribution is -2.48. The van der Waals surface area contributed by atoms with Gasteiger partial charge in [0.25, 0.3) is 10.0 Å². The first-order valence-corrected chi connectivity index (χ1v) is 12.7. The zero-order chi connectivity index (χ0) is 23.8. The molecule has 1 aliphatic rings. The van der Waals surface area contributed by atoms with Crippen LogP contribution >= 0.6 is 0 Å². The van der Waals surface area contributed by atoms with Gasteiger partial charge in [0, 0.05) is 11.4 Å². The maximum Gasteiger partial charge on any atom is 0.264 e. The van der Waals surface area contributed by atoms with Gasteiger partial charge in [0.15, 0.2) is 0 Å². The van der Waals surface area contributed by atoms with Crippen LogP contribution in [-0.2, 0) is 15.4 Å². The van der Waals surface area contributed by atoms with Gasteiger partial charge in [-0.25, -0.2) is 8.42 Å². The highest BCUT2D eigenvalue weighted by atomic mass is 32.2. The summed E-state index contributed by atoms with van der Waals surface area (Å²) in [6, 6.07) is 25.6. The van der Waals surface area contributed by atoms with Crippen LogP contribution in [0.5, 0.6) is 0 Å². The summed E-state index contributed by atoms with van der Waals surface area (Å²) >= 11 is 0. The van der Waals surface area contributed by atoms with Gasteiger partial charge in [-0.1, -0.05) is 87.5 Å². The third-order valence-corrected chi connectivity index (χ3v) is 8.13. The SMILES string of the molecule is C=C1CN(c2ccc(C(C)(C)C)cc2)C(c2ccccc2)CN1S(=O)(=O)c1ccc(C)cc1. The summed E-state index contributed by atoms with van der Waals surface area (Å²) in [6.45, 7) is 13.5. The molecule has 0 N–H and O–H groups in total. The number of hydrogen-bond acceptors (Lipinski definition) is 3. The van der Waals surface area contributed by atoms with Gasteiger partial charge in [0.1, 0.15) is 0 Å². The van der Waals surface area contributed by atoms with Crippen LogP contribution in [-0.4, -0.2) is 25.8 Å². The van der Waals surface area contributed by atoms with Crippen LogP contribution in [0.4, 0.5) is 5.69 Å². The van der Waals surface area contributed by atoms with Gasteiger partial charge in [0.2, 0.25) is 0 Å². The van der Waals surface area contributed by atoms with Crippen LogP contribution < -0.4 is 4.90 Å². The van der Waals surface area contributed by atoms with E-state index < -0.39 is 10.0 Å². The van der Waals surface area contributed by atoms with Gasteiger partial charge in [-0.15, -0.1) is 0 Å². The van der Waals surface area contributed by atoms with E-state index in [9.17, 15) is 8.42 Å². The third kappa shape index (κ3) is 4.69. The van der Waals surface area contributed by atoms with Gasteiger partial charge in [0.05, 0.1) is 24.0 Å². The van der Waals surface area contributed by atoms with Crippen LogP contribution in [0.15, 0.2) is 96.0 Å². The first-order chi connectivity index (χ1) is 15.6. The van der Waals surface area contributed by atoms with Crippen molar-refractivity contribution in [3.63, 3.8) is 0 Å². The fourth-order valence-corrected chi connectivity index (χ4v) is 5.73. The van der Waals surface area contributed by atoms with Gasteiger partial charge >= 0.3 is 0 Å². The van der Waals surface area contributed by atoms with Crippen molar-refractivity contribution in [1.82, 2.24) is 4.31 Å². The van der Waals surface area contributed by atoms with E-state index in [-0.39, 0.29) is 11.5 Å². The van der Waals surface area contributed by atoms with E-state index in [0.29, 0.717) is 23.7 Å². The monoisotopic (exact) mass is 460 g/mol. The van der Waals surface area contributed by atoms with Crippen LogP contribution in [0.25, 0.3) is 0 Å². The molecule has 1 unspecified atom stereocenters. The van der Waals surface area contributed by atoms with E-state index in [1.165, 1.54) is 9.87 Å². The van der Waals surface area contributed by atoms with Crippen LogP contribution in [0.3, 0.4) is 0 Å². The zero-order valence-corrected chi connectivity index (χ0v) is 20.6. The van der Waals surface area contributed by atoms with E-state index in [4.69, 9.17) is 0 Å². The van der Waals surface area contributed by atoms with Crippen molar-refractivity contribution in [2.45, 2.75) is 44.0 Å². The van der Waals surface area contributed by atoms with Crippen molar-refractivity contribution in [1.29, 1.82) is 0 Å². The van der Waals surface area contributed by atoms with Crippen LogP contribution in [0, 0.1) is 6.92 Å². The summed E-state index contributed by atoms with van der Waals surface area (Å²) in [6.07, 6.45) is 0. The number of nitrogens with zero attached hydrogens (tertiary/aromatic N) is 2. The molecular weight excluding hydrogens is 428 g/mol. The Kier molecular flexibility index (Phi) is 6.10. The molecule has 0 bridgehead atoms.